The van der Waals surface area contributed by atoms with Gasteiger partial charge in [0, 0.05) is 23.4 Å². The molecule has 0 unspecified atom stereocenters. The van der Waals surface area contributed by atoms with Crippen molar-refractivity contribution in [3.05, 3.63) is 59.4 Å². The molecule has 21 heavy (non-hydrogen) atoms. The average Bonchev–Trinajstić information content (AvgIpc) is 2.47. The minimum absolute atomic E-state index is 0.696. The third-order valence-electron chi connectivity index (χ3n) is 3.30. The summed E-state index contributed by atoms with van der Waals surface area (Å²) in [5.41, 5.74) is 3.78. The second-order valence-corrected chi connectivity index (χ2v) is 6.77. The van der Waals surface area contributed by atoms with Gasteiger partial charge >= 0.3 is 0 Å². The Labute approximate surface area is 132 Å². The summed E-state index contributed by atoms with van der Waals surface area (Å²) < 4.78 is 0. The minimum Gasteiger partial charge on any atom is -0.312 e. The summed E-state index contributed by atoms with van der Waals surface area (Å²) in [5.74, 6) is 1.62. The first-order valence-electron chi connectivity index (χ1n) is 7.48. The van der Waals surface area contributed by atoms with E-state index in [-0.39, 0.29) is 0 Å². The topological polar surface area (TPSA) is 24.9 Å². The highest BCUT2D eigenvalue weighted by Gasteiger charge is 2.01. The van der Waals surface area contributed by atoms with Gasteiger partial charge in [-0.3, -0.25) is 4.98 Å². The first-order valence-corrected chi connectivity index (χ1v) is 8.46. The molecule has 0 saturated carbocycles. The summed E-state index contributed by atoms with van der Waals surface area (Å²) in [6.45, 7) is 8.59. The van der Waals surface area contributed by atoms with Crippen molar-refractivity contribution in [1.29, 1.82) is 0 Å². The molecule has 0 fully saturated rings. The van der Waals surface area contributed by atoms with Crippen LogP contribution in [0.25, 0.3) is 0 Å². The summed E-state index contributed by atoms with van der Waals surface area (Å²) in [6, 6.07) is 12.9. The van der Waals surface area contributed by atoms with E-state index < -0.39 is 0 Å². The molecule has 0 atom stereocenters. The zero-order chi connectivity index (χ0) is 15.1. The standard InChI is InChI=1S/C18H24N2S/c1-14(2)11-19-12-16-6-8-17(9-7-16)21-13-18-15(3)5-4-10-20-18/h4-10,14,19H,11-13H2,1-3H3. The largest absolute Gasteiger partial charge is 0.312 e. The highest BCUT2D eigenvalue weighted by atomic mass is 32.2. The van der Waals surface area contributed by atoms with Crippen molar-refractivity contribution in [2.45, 2.75) is 38.0 Å². The van der Waals surface area contributed by atoms with E-state index in [4.69, 9.17) is 0 Å². The van der Waals surface area contributed by atoms with E-state index in [9.17, 15) is 0 Å². The van der Waals surface area contributed by atoms with Crippen LogP contribution < -0.4 is 5.32 Å². The van der Waals surface area contributed by atoms with Gasteiger partial charge in [0.15, 0.2) is 0 Å². The quantitative estimate of drug-likeness (QED) is 0.766. The summed E-state index contributed by atoms with van der Waals surface area (Å²) in [7, 11) is 0. The molecule has 0 aliphatic rings. The van der Waals surface area contributed by atoms with E-state index in [1.807, 2.05) is 24.0 Å². The molecule has 2 rings (SSSR count). The molecule has 1 aromatic carbocycles. The minimum atomic E-state index is 0.696. The number of thioether (sulfide) groups is 1. The van der Waals surface area contributed by atoms with Gasteiger partial charge in [0.1, 0.15) is 0 Å². The van der Waals surface area contributed by atoms with Crippen molar-refractivity contribution in [1.82, 2.24) is 10.3 Å². The Hall–Kier alpha value is -1.32. The molecular formula is C18H24N2S. The molecule has 1 heterocycles. The Kier molecular flexibility index (Phi) is 6.27. The molecule has 2 nitrogen and oxygen atoms in total. The van der Waals surface area contributed by atoms with Crippen LogP contribution in [-0.4, -0.2) is 11.5 Å². The number of aromatic nitrogens is 1. The number of pyridine rings is 1. The van der Waals surface area contributed by atoms with Crippen LogP contribution in [0.1, 0.15) is 30.7 Å². The summed E-state index contributed by atoms with van der Waals surface area (Å²) in [5, 5.41) is 3.47. The fourth-order valence-electron chi connectivity index (χ4n) is 2.03. The Balaban J connectivity index is 1.84. The van der Waals surface area contributed by atoms with E-state index in [0.717, 1.165) is 18.8 Å². The maximum Gasteiger partial charge on any atom is 0.0535 e. The monoisotopic (exact) mass is 300 g/mol. The fraction of sp³-hybridized carbons (Fsp3) is 0.389. The molecule has 0 aliphatic carbocycles. The Morgan fingerprint density at radius 2 is 1.90 bits per heavy atom. The molecule has 3 heteroatoms. The Bertz CT molecular complexity index is 549. The molecule has 1 aromatic heterocycles. The van der Waals surface area contributed by atoms with E-state index >= 15 is 0 Å². The van der Waals surface area contributed by atoms with Crippen LogP contribution >= 0.6 is 11.8 Å². The predicted octanol–water partition coefficient (Wildman–Crippen LogP) is 4.43. The van der Waals surface area contributed by atoms with Gasteiger partial charge in [0.05, 0.1) is 5.69 Å². The van der Waals surface area contributed by atoms with Gasteiger partial charge in [-0.1, -0.05) is 32.0 Å². The smallest absolute Gasteiger partial charge is 0.0535 e. The molecule has 0 amide bonds. The van der Waals surface area contributed by atoms with Crippen LogP contribution in [0.3, 0.4) is 0 Å². The van der Waals surface area contributed by atoms with E-state index in [1.165, 1.54) is 21.7 Å². The van der Waals surface area contributed by atoms with Gasteiger partial charge in [-0.25, -0.2) is 0 Å². The molecule has 0 spiro atoms. The first-order chi connectivity index (χ1) is 10.1. The number of benzene rings is 1. The van der Waals surface area contributed by atoms with Gasteiger partial charge in [0.25, 0.3) is 0 Å². The van der Waals surface area contributed by atoms with Crippen LogP contribution in [0, 0.1) is 12.8 Å². The molecular weight excluding hydrogens is 276 g/mol. The lowest BCUT2D eigenvalue weighted by Crippen LogP contribution is -2.18. The van der Waals surface area contributed by atoms with Crippen molar-refractivity contribution in [3.63, 3.8) is 0 Å². The SMILES string of the molecule is Cc1cccnc1CSc1ccc(CNCC(C)C)cc1. The number of hydrogen-bond donors (Lipinski definition) is 1. The van der Waals surface area contributed by atoms with E-state index in [2.05, 4.69) is 61.4 Å². The Morgan fingerprint density at radius 3 is 2.57 bits per heavy atom. The normalized spacial score (nSPS) is 11.0. The fourth-order valence-corrected chi connectivity index (χ4v) is 2.96. The van der Waals surface area contributed by atoms with Crippen LogP contribution in [-0.2, 0) is 12.3 Å². The third kappa shape index (κ3) is 5.52. The van der Waals surface area contributed by atoms with Crippen molar-refractivity contribution >= 4 is 11.8 Å². The molecule has 0 radical (unpaired) electrons. The maximum atomic E-state index is 4.44. The Morgan fingerprint density at radius 1 is 1.14 bits per heavy atom. The van der Waals surface area contributed by atoms with Crippen LogP contribution in [0.15, 0.2) is 47.5 Å². The molecule has 2 aromatic rings. The number of nitrogens with zero attached hydrogens (tertiary/aromatic N) is 1. The van der Waals surface area contributed by atoms with Crippen molar-refractivity contribution in [2.24, 2.45) is 5.92 Å². The first kappa shape index (κ1) is 16.1. The highest BCUT2D eigenvalue weighted by molar-refractivity contribution is 7.98. The van der Waals surface area contributed by atoms with Gasteiger partial charge < -0.3 is 5.32 Å². The number of rotatable bonds is 7. The van der Waals surface area contributed by atoms with Gasteiger partial charge in [-0.05, 0) is 48.7 Å². The predicted molar refractivity (Wildman–Crippen MR) is 91.5 cm³/mol. The van der Waals surface area contributed by atoms with E-state index in [1.54, 1.807) is 0 Å². The number of aryl methyl sites for hydroxylation is 1. The number of hydrogen-bond acceptors (Lipinski definition) is 3. The molecule has 1 N–H and O–H groups in total. The lowest BCUT2D eigenvalue weighted by Gasteiger charge is -2.08. The molecule has 0 aliphatic heterocycles. The van der Waals surface area contributed by atoms with Crippen molar-refractivity contribution in [2.75, 3.05) is 6.54 Å². The molecule has 0 saturated heterocycles. The van der Waals surface area contributed by atoms with Crippen LogP contribution in [0.5, 0.6) is 0 Å². The van der Waals surface area contributed by atoms with Gasteiger partial charge in [-0.2, -0.15) is 0 Å². The molecule has 0 bridgehead atoms. The molecule has 112 valence electrons. The van der Waals surface area contributed by atoms with Gasteiger partial charge in [0.2, 0.25) is 0 Å². The van der Waals surface area contributed by atoms with Crippen molar-refractivity contribution in [3.8, 4) is 0 Å². The summed E-state index contributed by atoms with van der Waals surface area (Å²) in [4.78, 5) is 5.74. The third-order valence-corrected chi connectivity index (χ3v) is 4.32. The van der Waals surface area contributed by atoms with Gasteiger partial charge in [-0.15, -0.1) is 11.8 Å². The average molecular weight is 300 g/mol. The second kappa shape index (κ2) is 8.20. The second-order valence-electron chi connectivity index (χ2n) is 5.72. The zero-order valence-electron chi connectivity index (χ0n) is 13.1. The van der Waals surface area contributed by atoms with Crippen LogP contribution in [0.4, 0.5) is 0 Å². The number of nitrogens with one attached hydrogen (secondary N) is 1. The zero-order valence-corrected chi connectivity index (χ0v) is 13.9. The highest BCUT2D eigenvalue weighted by Crippen LogP contribution is 2.23. The van der Waals surface area contributed by atoms with Crippen LogP contribution in [0.2, 0.25) is 0 Å². The lowest BCUT2D eigenvalue weighted by atomic mass is 10.2. The summed E-state index contributed by atoms with van der Waals surface area (Å²) in [6.07, 6.45) is 1.87. The van der Waals surface area contributed by atoms with Crippen molar-refractivity contribution < 1.29 is 0 Å². The summed E-state index contributed by atoms with van der Waals surface area (Å²) >= 11 is 1.84. The lowest BCUT2D eigenvalue weighted by molar-refractivity contribution is 0.552. The maximum absolute atomic E-state index is 4.44. The van der Waals surface area contributed by atoms with E-state index in [0.29, 0.717) is 5.92 Å².